The highest BCUT2D eigenvalue weighted by molar-refractivity contribution is 5.93. The van der Waals surface area contributed by atoms with Gasteiger partial charge in [0.1, 0.15) is 5.75 Å². The van der Waals surface area contributed by atoms with E-state index in [0.29, 0.717) is 19.6 Å². The number of carbonyl (C=O) groups excluding carboxylic acids is 1. The molecule has 0 spiro atoms. The number of ether oxygens (including phenoxy) is 1. The van der Waals surface area contributed by atoms with Crippen LogP contribution in [0.3, 0.4) is 0 Å². The summed E-state index contributed by atoms with van der Waals surface area (Å²) in [5.41, 5.74) is 2.10. The van der Waals surface area contributed by atoms with Gasteiger partial charge in [-0.25, -0.2) is 0 Å². The Hall–Kier alpha value is -2.29. The average Bonchev–Trinajstić information content (AvgIpc) is 2.49. The molecule has 3 nitrogen and oxygen atoms in total. The monoisotopic (exact) mass is 283 g/mol. The van der Waals surface area contributed by atoms with Gasteiger partial charge in [-0.15, -0.1) is 0 Å². The molecule has 0 saturated carbocycles. The fourth-order valence-corrected chi connectivity index (χ4v) is 2.21. The number of hydrogen-bond donors (Lipinski definition) is 0. The number of aryl methyl sites for hydroxylation is 1. The zero-order valence-corrected chi connectivity index (χ0v) is 12.6. The van der Waals surface area contributed by atoms with Crippen LogP contribution in [0.4, 0.5) is 5.69 Å². The van der Waals surface area contributed by atoms with Crippen molar-refractivity contribution in [3.05, 3.63) is 60.2 Å². The summed E-state index contributed by atoms with van der Waals surface area (Å²) in [6.07, 6.45) is 0.372. The number of benzene rings is 2. The summed E-state index contributed by atoms with van der Waals surface area (Å²) in [4.78, 5) is 14.1. The third-order valence-corrected chi connectivity index (χ3v) is 3.26. The van der Waals surface area contributed by atoms with Gasteiger partial charge in [-0.3, -0.25) is 4.79 Å². The number of anilines is 1. The maximum atomic E-state index is 12.3. The van der Waals surface area contributed by atoms with E-state index in [1.54, 1.807) is 4.90 Å². The van der Waals surface area contributed by atoms with E-state index >= 15 is 0 Å². The lowest BCUT2D eigenvalue weighted by atomic mass is 10.2. The largest absolute Gasteiger partial charge is 0.493 e. The number of hydrogen-bond acceptors (Lipinski definition) is 2. The van der Waals surface area contributed by atoms with Crippen molar-refractivity contribution in [2.75, 3.05) is 18.1 Å². The zero-order chi connectivity index (χ0) is 15.1. The second kappa shape index (κ2) is 7.48. The molecule has 1 amide bonds. The molecule has 0 atom stereocenters. The molecular weight excluding hydrogens is 262 g/mol. The summed E-state index contributed by atoms with van der Waals surface area (Å²) in [5.74, 6) is 0.878. The van der Waals surface area contributed by atoms with E-state index in [-0.39, 0.29) is 5.91 Å². The second-order valence-corrected chi connectivity index (χ2v) is 4.89. The fourth-order valence-electron chi connectivity index (χ4n) is 2.21. The van der Waals surface area contributed by atoms with Crippen molar-refractivity contribution in [3.63, 3.8) is 0 Å². The Balaban J connectivity index is 1.92. The number of para-hydroxylation sites is 1. The first-order valence-corrected chi connectivity index (χ1v) is 7.25. The van der Waals surface area contributed by atoms with Crippen molar-refractivity contribution in [3.8, 4) is 5.75 Å². The quantitative estimate of drug-likeness (QED) is 0.806. The van der Waals surface area contributed by atoms with E-state index in [0.717, 1.165) is 17.0 Å². The van der Waals surface area contributed by atoms with Gasteiger partial charge < -0.3 is 9.64 Å². The van der Waals surface area contributed by atoms with Crippen molar-refractivity contribution in [2.45, 2.75) is 20.3 Å². The lowest BCUT2D eigenvalue weighted by Crippen LogP contribution is -2.31. The Bertz CT molecular complexity index is 581. The molecule has 21 heavy (non-hydrogen) atoms. The average molecular weight is 283 g/mol. The second-order valence-electron chi connectivity index (χ2n) is 4.89. The minimum absolute atomic E-state index is 0.0824. The molecule has 0 aliphatic heterocycles. The zero-order valence-electron chi connectivity index (χ0n) is 12.6. The van der Waals surface area contributed by atoms with Crippen molar-refractivity contribution in [1.82, 2.24) is 0 Å². The number of rotatable bonds is 6. The molecule has 0 radical (unpaired) electrons. The minimum Gasteiger partial charge on any atom is -0.493 e. The Kier molecular flexibility index (Phi) is 5.38. The van der Waals surface area contributed by atoms with Gasteiger partial charge >= 0.3 is 0 Å². The SMILES string of the molecule is CCN(C(=O)CCOc1ccccc1)c1cccc(C)c1. The molecule has 0 saturated heterocycles. The Morgan fingerprint density at radius 3 is 2.52 bits per heavy atom. The molecule has 3 heteroatoms. The summed E-state index contributed by atoms with van der Waals surface area (Å²) in [6.45, 7) is 5.07. The molecule has 0 heterocycles. The summed E-state index contributed by atoms with van der Waals surface area (Å²) in [6, 6.07) is 17.6. The van der Waals surface area contributed by atoms with Crippen LogP contribution in [-0.4, -0.2) is 19.1 Å². The normalized spacial score (nSPS) is 10.2. The van der Waals surface area contributed by atoms with Gasteiger partial charge in [0.05, 0.1) is 13.0 Å². The first-order valence-electron chi connectivity index (χ1n) is 7.25. The highest BCUT2D eigenvalue weighted by atomic mass is 16.5. The molecule has 2 rings (SSSR count). The van der Waals surface area contributed by atoms with Crippen LogP contribution in [0.2, 0.25) is 0 Å². The molecule has 0 N–H and O–H groups in total. The van der Waals surface area contributed by atoms with Gasteiger partial charge in [0.25, 0.3) is 0 Å². The van der Waals surface area contributed by atoms with Crippen molar-refractivity contribution < 1.29 is 9.53 Å². The topological polar surface area (TPSA) is 29.5 Å². The summed E-state index contributed by atoms with van der Waals surface area (Å²) < 4.78 is 5.58. The van der Waals surface area contributed by atoms with Crippen LogP contribution in [0.25, 0.3) is 0 Å². The van der Waals surface area contributed by atoms with Gasteiger partial charge in [0.2, 0.25) is 5.91 Å². The molecule has 110 valence electrons. The standard InChI is InChI=1S/C18H21NO2/c1-3-19(16-9-7-8-15(2)14-16)18(20)12-13-21-17-10-5-4-6-11-17/h4-11,14H,3,12-13H2,1-2H3. The van der Waals surface area contributed by atoms with E-state index < -0.39 is 0 Å². The van der Waals surface area contributed by atoms with E-state index in [1.165, 1.54) is 0 Å². The smallest absolute Gasteiger partial charge is 0.230 e. The molecule has 0 aliphatic carbocycles. The fraction of sp³-hybridized carbons (Fsp3) is 0.278. The third kappa shape index (κ3) is 4.35. The number of carbonyl (C=O) groups is 1. The summed E-state index contributed by atoms with van der Waals surface area (Å²) >= 11 is 0. The highest BCUT2D eigenvalue weighted by Gasteiger charge is 2.13. The lowest BCUT2D eigenvalue weighted by Gasteiger charge is -2.21. The van der Waals surface area contributed by atoms with E-state index in [4.69, 9.17) is 4.74 Å². The van der Waals surface area contributed by atoms with Gasteiger partial charge in [0.15, 0.2) is 0 Å². The Morgan fingerprint density at radius 1 is 1.10 bits per heavy atom. The predicted octanol–water partition coefficient (Wildman–Crippen LogP) is 3.82. The predicted molar refractivity (Wildman–Crippen MR) is 85.8 cm³/mol. The molecule has 2 aromatic carbocycles. The van der Waals surface area contributed by atoms with E-state index in [9.17, 15) is 4.79 Å². The molecule has 0 fully saturated rings. The van der Waals surface area contributed by atoms with Crippen LogP contribution in [0.15, 0.2) is 54.6 Å². The molecule has 0 aromatic heterocycles. The third-order valence-electron chi connectivity index (χ3n) is 3.26. The van der Waals surface area contributed by atoms with Gasteiger partial charge in [-0.05, 0) is 43.7 Å². The molecule has 0 aliphatic rings. The van der Waals surface area contributed by atoms with Crippen LogP contribution in [0.5, 0.6) is 5.75 Å². The Morgan fingerprint density at radius 2 is 1.86 bits per heavy atom. The van der Waals surface area contributed by atoms with Crippen LogP contribution >= 0.6 is 0 Å². The molecule has 0 bridgehead atoms. The van der Waals surface area contributed by atoms with Crippen LogP contribution < -0.4 is 9.64 Å². The van der Waals surface area contributed by atoms with Crippen molar-refractivity contribution in [2.24, 2.45) is 0 Å². The molecular formula is C18H21NO2. The van der Waals surface area contributed by atoms with E-state index in [2.05, 4.69) is 0 Å². The van der Waals surface area contributed by atoms with Gasteiger partial charge in [0, 0.05) is 12.2 Å². The molecule has 2 aromatic rings. The van der Waals surface area contributed by atoms with Gasteiger partial charge in [-0.2, -0.15) is 0 Å². The minimum atomic E-state index is 0.0824. The van der Waals surface area contributed by atoms with E-state index in [1.807, 2.05) is 68.4 Å². The van der Waals surface area contributed by atoms with Crippen LogP contribution in [0.1, 0.15) is 18.9 Å². The number of amides is 1. The summed E-state index contributed by atoms with van der Waals surface area (Å²) in [7, 11) is 0. The van der Waals surface area contributed by atoms with Crippen LogP contribution in [-0.2, 0) is 4.79 Å². The van der Waals surface area contributed by atoms with Crippen LogP contribution in [0, 0.1) is 6.92 Å². The first-order chi connectivity index (χ1) is 10.2. The molecule has 0 unspecified atom stereocenters. The van der Waals surface area contributed by atoms with Gasteiger partial charge in [-0.1, -0.05) is 30.3 Å². The lowest BCUT2D eigenvalue weighted by molar-refractivity contribution is -0.119. The highest BCUT2D eigenvalue weighted by Crippen LogP contribution is 2.17. The van der Waals surface area contributed by atoms with Crippen molar-refractivity contribution in [1.29, 1.82) is 0 Å². The summed E-state index contributed by atoms with van der Waals surface area (Å²) in [5, 5.41) is 0. The Labute approximate surface area is 126 Å². The first kappa shape index (κ1) is 15.1. The number of nitrogens with zero attached hydrogens (tertiary/aromatic N) is 1. The maximum Gasteiger partial charge on any atom is 0.230 e. The maximum absolute atomic E-state index is 12.3. The van der Waals surface area contributed by atoms with Crippen molar-refractivity contribution >= 4 is 11.6 Å².